The number of nitrogens with zero attached hydrogens (tertiary/aromatic N) is 1. The predicted molar refractivity (Wildman–Crippen MR) is 108 cm³/mol. The van der Waals surface area contributed by atoms with Gasteiger partial charge in [0.05, 0.1) is 26.3 Å². The summed E-state index contributed by atoms with van der Waals surface area (Å²) in [5.41, 5.74) is -0.797. The fraction of sp³-hybridized carbons (Fsp3) is 0.250. The summed E-state index contributed by atoms with van der Waals surface area (Å²) in [5, 5.41) is 3.25. The van der Waals surface area contributed by atoms with Crippen molar-refractivity contribution in [2.24, 2.45) is 0 Å². The molecule has 2 aromatic rings. The Balaban J connectivity index is 1.88. The second kappa shape index (κ2) is 7.93. The number of amides is 3. The number of ether oxygens (including phenoxy) is 2. The second-order valence-corrected chi connectivity index (χ2v) is 7.40. The van der Waals surface area contributed by atoms with Gasteiger partial charge in [0, 0.05) is 21.7 Å². The molecule has 7 nitrogen and oxygen atoms in total. The molecule has 1 fully saturated rings. The van der Waals surface area contributed by atoms with Crippen LogP contribution >= 0.6 is 23.2 Å². The first-order chi connectivity index (χ1) is 13.7. The molecule has 0 radical (unpaired) electrons. The lowest BCUT2D eigenvalue weighted by atomic mass is 9.92. The molecule has 29 heavy (non-hydrogen) atoms. The molecule has 9 heteroatoms. The van der Waals surface area contributed by atoms with Crippen LogP contribution in [0.2, 0.25) is 10.0 Å². The number of rotatable bonds is 6. The number of carbonyl (C=O) groups is 3. The lowest BCUT2D eigenvalue weighted by molar-refractivity contribution is -0.130. The van der Waals surface area contributed by atoms with Crippen LogP contribution in [0.1, 0.15) is 22.8 Å². The molecule has 0 bridgehead atoms. The van der Waals surface area contributed by atoms with Gasteiger partial charge >= 0.3 is 6.03 Å². The summed E-state index contributed by atoms with van der Waals surface area (Å²) < 4.78 is 10.3. The van der Waals surface area contributed by atoms with E-state index in [1.807, 2.05) is 0 Å². The summed E-state index contributed by atoms with van der Waals surface area (Å²) in [6, 6.07) is 8.61. The molecule has 1 aliphatic rings. The fourth-order valence-electron chi connectivity index (χ4n) is 3.18. The number of imide groups is 1. The fourth-order valence-corrected chi connectivity index (χ4v) is 3.77. The molecule has 0 aliphatic carbocycles. The number of carbonyl (C=O) groups excluding carboxylic acids is 3. The Labute approximate surface area is 177 Å². The van der Waals surface area contributed by atoms with Crippen LogP contribution in [-0.2, 0) is 10.3 Å². The Bertz CT molecular complexity index is 1010. The van der Waals surface area contributed by atoms with Crippen molar-refractivity contribution in [3.63, 3.8) is 0 Å². The van der Waals surface area contributed by atoms with Crippen LogP contribution in [0.5, 0.6) is 11.5 Å². The number of ketones is 1. The quantitative estimate of drug-likeness (QED) is 0.551. The van der Waals surface area contributed by atoms with E-state index in [4.69, 9.17) is 32.7 Å². The zero-order chi connectivity index (χ0) is 21.3. The first-order valence-electron chi connectivity index (χ1n) is 8.56. The Hall–Kier alpha value is -2.77. The molecule has 1 N–H and O–H groups in total. The monoisotopic (exact) mass is 436 g/mol. The number of halogens is 2. The Morgan fingerprint density at radius 1 is 1.10 bits per heavy atom. The van der Waals surface area contributed by atoms with E-state index in [9.17, 15) is 14.4 Å². The smallest absolute Gasteiger partial charge is 0.325 e. The molecule has 1 heterocycles. The molecule has 0 aromatic heterocycles. The normalized spacial score (nSPS) is 18.6. The number of methoxy groups -OCH3 is 2. The third kappa shape index (κ3) is 3.75. The van der Waals surface area contributed by atoms with Gasteiger partial charge in [-0.2, -0.15) is 0 Å². The van der Waals surface area contributed by atoms with Gasteiger partial charge in [-0.25, -0.2) is 4.79 Å². The van der Waals surface area contributed by atoms with Crippen LogP contribution in [-0.4, -0.2) is 43.4 Å². The third-order valence-electron chi connectivity index (χ3n) is 4.76. The first-order valence-corrected chi connectivity index (χ1v) is 9.31. The zero-order valence-corrected chi connectivity index (χ0v) is 17.4. The van der Waals surface area contributed by atoms with Crippen LogP contribution < -0.4 is 14.8 Å². The molecule has 0 spiro atoms. The standard InChI is InChI=1S/C20H18Cl2N2O5/c1-20(14-7-4-11(21)8-15(14)22)18(26)24(19(27)23-20)10-16(25)13-6-5-12(28-2)9-17(13)29-3/h4-9H,10H2,1-3H3,(H,23,27)/t20-/m1/s1. The van der Waals surface area contributed by atoms with Gasteiger partial charge in [0.25, 0.3) is 5.91 Å². The van der Waals surface area contributed by atoms with Gasteiger partial charge in [-0.1, -0.05) is 29.3 Å². The summed E-state index contributed by atoms with van der Waals surface area (Å²) in [4.78, 5) is 39.2. The van der Waals surface area contributed by atoms with Crippen LogP contribution in [0.3, 0.4) is 0 Å². The lowest BCUT2D eigenvalue weighted by Gasteiger charge is -2.23. The Morgan fingerprint density at radius 2 is 1.83 bits per heavy atom. The molecule has 3 rings (SSSR count). The topological polar surface area (TPSA) is 84.9 Å². The van der Waals surface area contributed by atoms with E-state index in [1.54, 1.807) is 24.3 Å². The molecular weight excluding hydrogens is 419 g/mol. The van der Waals surface area contributed by atoms with Crippen molar-refractivity contribution in [2.45, 2.75) is 12.5 Å². The van der Waals surface area contributed by atoms with Crippen molar-refractivity contribution < 1.29 is 23.9 Å². The second-order valence-electron chi connectivity index (χ2n) is 6.56. The molecule has 1 atom stereocenters. The van der Waals surface area contributed by atoms with Gasteiger partial charge in [-0.3, -0.25) is 14.5 Å². The van der Waals surface area contributed by atoms with Crippen molar-refractivity contribution in [1.29, 1.82) is 0 Å². The first kappa shape index (κ1) is 21.0. The SMILES string of the molecule is COc1ccc(C(=O)CN2C(=O)N[C@](C)(c3ccc(Cl)cc3Cl)C2=O)c(OC)c1. The van der Waals surface area contributed by atoms with E-state index < -0.39 is 29.8 Å². The van der Waals surface area contributed by atoms with Gasteiger partial charge in [0.2, 0.25) is 0 Å². The average Bonchev–Trinajstić information content (AvgIpc) is 2.90. The maximum Gasteiger partial charge on any atom is 0.325 e. The minimum absolute atomic E-state index is 0.229. The van der Waals surface area contributed by atoms with Crippen LogP contribution in [0.25, 0.3) is 0 Å². The molecule has 1 aliphatic heterocycles. The number of hydrogen-bond acceptors (Lipinski definition) is 5. The minimum atomic E-state index is -1.41. The largest absolute Gasteiger partial charge is 0.497 e. The van der Waals surface area contributed by atoms with Gasteiger partial charge in [0.1, 0.15) is 17.0 Å². The summed E-state index contributed by atoms with van der Waals surface area (Å²) >= 11 is 12.1. The van der Waals surface area contributed by atoms with Gasteiger partial charge in [-0.15, -0.1) is 0 Å². The highest BCUT2D eigenvalue weighted by atomic mass is 35.5. The van der Waals surface area contributed by atoms with Crippen molar-refractivity contribution in [2.75, 3.05) is 20.8 Å². The maximum absolute atomic E-state index is 13.0. The van der Waals surface area contributed by atoms with E-state index in [0.29, 0.717) is 16.3 Å². The van der Waals surface area contributed by atoms with Crippen LogP contribution in [0.4, 0.5) is 4.79 Å². The summed E-state index contributed by atoms with van der Waals surface area (Å²) in [6.07, 6.45) is 0. The highest BCUT2D eigenvalue weighted by Crippen LogP contribution is 2.35. The van der Waals surface area contributed by atoms with Crippen LogP contribution in [0, 0.1) is 0 Å². The third-order valence-corrected chi connectivity index (χ3v) is 5.30. The Kier molecular flexibility index (Phi) is 5.73. The molecule has 0 unspecified atom stereocenters. The van der Waals surface area contributed by atoms with Gasteiger partial charge in [-0.05, 0) is 31.2 Å². The molecular formula is C20H18Cl2N2O5. The summed E-state index contributed by atoms with van der Waals surface area (Å²) in [7, 11) is 2.91. The molecule has 0 saturated carbocycles. The van der Waals surface area contributed by atoms with E-state index in [0.717, 1.165) is 4.90 Å². The molecule has 1 saturated heterocycles. The van der Waals surface area contributed by atoms with Gasteiger partial charge < -0.3 is 14.8 Å². The highest BCUT2D eigenvalue weighted by molar-refractivity contribution is 6.35. The number of Topliss-reactive ketones (excluding diaryl/α,β-unsaturated/α-hetero) is 1. The summed E-state index contributed by atoms with van der Waals surface area (Å²) in [5.74, 6) is -0.254. The zero-order valence-electron chi connectivity index (χ0n) is 15.9. The molecule has 3 amide bonds. The Morgan fingerprint density at radius 3 is 2.45 bits per heavy atom. The summed E-state index contributed by atoms with van der Waals surface area (Å²) in [6.45, 7) is 1.08. The van der Waals surface area contributed by atoms with Crippen LogP contribution in [0.15, 0.2) is 36.4 Å². The van der Waals surface area contributed by atoms with E-state index in [1.165, 1.54) is 33.3 Å². The highest BCUT2D eigenvalue weighted by Gasteiger charge is 2.50. The van der Waals surface area contributed by atoms with Crippen molar-refractivity contribution in [3.05, 3.63) is 57.6 Å². The number of nitrogens with one attached hydrogen (secondary N) is 1. The van der Waals surface area contributed by atoms with E-state index in [2.05, 4.69) is 5.32 Å². The molecule has 152 valence electrons. The van der Waals surface area contributed by atoms with Crippen molar-refractivity contribution in [1.82, 2.24) is 10.2 Å². The number of hydrogen-bond donors (Lipinski definition) is 1. The van der Waals surface area contributed by atoms with Crippen molar-refractivity contribution >= 4 is 40.9 Å². The molecule has 2 aromatic carbocycles. The average molecular weight is 437 g/mol. The van der Waals surface area contributed by atoms with E-state index in [-0.39, 0.29) is 16.3 Å². The predicted octanol–water partition coefficient (Wildman–Crippen LogP) is 3.66. The van der Waals surface area contributed by atoms with Crippen molar-refractivity contribution in [3.8, 4) is 11.5 Å². The number of urea groups is 1. The minimum Gasteiger partial charge on any atom is -0.497 e. The van der Waals surface area contributed by atoms with Gasteiger partial charge in [0.15, 0.2) is 5.78 Å². The maximum atomic E-state index is 13.0. The van der Waals surface area contributed by atoms with E-state index >= 15 is 0 Å². The number of benzene rings is 2. The lowest BCUT2D eigenvalue weighted by Crippen LogP contribution is -2.41.